The number of hydrogen-bond donors (Lipinski definition) is 4. The van der Waals surface area contributed by atoms with Gasteiger partial charge in [0.05, 0.1) is 12.7 Å². The molecule has 104 valence electrons. The summed E-state index contributed by atoms with van der Waals surface area (Å²) in [6, 6.07) is 0. The Labute approximate surface area is 105 Å². The number of aromatic carboxylic acids is 1. The minimum Gasteiger partial charge on any atom is -0.477 e. The van der Waals surface area contributed by atoms with Crippen LogP contribution >= 0.6 is 0 Å². The van der Waals surface area contributed by atoms with Crippen molar-refractivity contribution in [1.29, 1.82) is 0 Å². The molecule has 0 saturated carbocycles. The number of carboxylic acid groups (broad SMARTS) is 1. The number of aliphatic hydroxyl groups is 2. The van der Waals surface area contributed by atoms with Crippen molar-refractivity contribution >= 4 is 5.97 Å². The molecule has 0 aliphatic carbocycles. The van der Waals surface area contributed by atoms with E-state index in [1.165, 1.54) is 0 Å². The monoisotopic (exact) mass is 272 g/mol. The molecule has 3 atom stereocenters. The van der Waals surface area contributed by atoms with E-state index in [1.807, 2.05) is 4.98 Å². The molecule has 0 aromatic carbocycles. The highest BCUT2D eigenvalue weighted by atomic mass is 16.5. The Balaban J connectivity index is 2.41. The molecule has 4 N–H and O–H groups in total. The minimum absolute atomic E-state index is 0.0102. The summed E-state index contributed by atoms with van der Waals surface area (Å²) < 4.78 is 6.09. The quantitative estimate of drug-likeness (QED) is 0.492. The first-order chi connectivity index (χ1) is 8.93. The lowest BCUT2D eigenvalue weighted by atomic mass is 10.2. The van der Waals surface area contributed by atoms with Gasteiger partial charge in [-0.15, -0.1) is 0 Å². The van der Waals surface area contributed by atoms with Gasteiger partial charge in [-0.2, -0.15) is 0 Å². The van der Waals surface area contributed by atoms with Crippen LogP contribution in [0, 0.1) is 0 Å². The Bertz CT molecular complexity index is 605. The Hall–Kier alpha value is -1.97. The molecular formula is C10H12N2O7. The molecular weight excluding hydrogens is 260 g/mol. The van der Waals surface area contributed by atoms with E-state index < -0.39 is 47.8 Å². The number of carboxylic acids is 1. The molecule has 0 radical (unpaired) electrons. The van der Waals surface area contributed by atoms with E-state index in [0.29, 0.717) is 0 Å². The summed E-state index contributed by atoms with van der Waals surface area (Å²) in [5, 5.41) is 27.3. The molecule has 0 bridgehead atoms. The van der Waals surface area contributed by atoms with Crippen LogP contribution < -0.4 is 11.2 Å². The molecule has 9 heteroatoms. The van der Waals surface area contributed by atoms with Crippen LogP contribution in [-0.4, -0.2) is 49.7 Å². The largest absolute Gasteiger partial charge is 0.477 e. The molecule has 1 aliphatic heterocycles. The number of ether oxygens (including phenoxy) is 1. The van der Waals surface area contributed by atoms with E-state index in [-0.39, 0.29) is 6.42 Å². The van der Waals surface area contributed by atoms with E-state index in [4.69, 9.17) is 14.9 Å². The number of rotatable bonds is 3. The maximum atomic E-state index is 11.6. The highest BCUT2D eigenvalue weighted by Crippen LogP contribution is 2.27. The van der Waals surface area contributed by atoms with Crippen molar-refractivity contribution in [3.8, 4) is 0 Å². The first-order valence-corrected chi connectivity index (χ1v) is 5.47. The third kappa shape index (κ3) is 2.43. The predicted octanol–water partition coefficient (Wildman–Crippen LogP) is -2.12. The summed E-state index contributed by atoms with van der Waals surface area (Å²) >= 11 is 0. The maximum Gasteiger partial charge on any atom is 0.342 e. The fourth-order valence-electron chi connectivity index (χ4n) is 1.90. The number of nitrogens with zero attached hydrogens (tertiary/aromatic N) is 1. The van der Waals surface area contributed by atoms with Crippen molar-refractivity contribution in [1.82, 2.24) is 9.55 Å². The minimum atomic E-state index is -1.48. The average molecular weight is 272 g/mol. The molecule has 0 unspecified atom stereocenters. The summed E-state index contributed by atoms with van der Waals surface area (Å²) in [6.45, 7) is -0.429. The van der Waals surface area contributed by atoms with E-state index in [9.17, 15) is 19.5 Å². The zero-order valence-electron chi connectivity index (χ0n) is 9.65. The van der Waals surface area contributed by atoms with Crippen LogP contribution in [0.25, 0.3) is 0 Å². The fraction of sp³-hybridized carbons (Fsp3) is 0.500. The van der Waals surface area contributed by atoms with Crippen molar-refractivity contribution in [2.75, 3.05) is 6.61 Å². The molecule has 19 heavy (non-hydrogen) atoms. The van der Waals surface area contributed by atoms with E-state index in [1.54, 1.807) is 0 Å². The van der Waals surface area contributed by atoms with Crippen LogP contribution in [-0.2, 0) is 4.74 Å². The van der Waals surface area contributed by atoms with Crippen molar-refractivity contribution in [3.05, 3.63) is 32.6 Å². The van der Waals surface area contributed by atoms with Gasteiger partial charge in [-0.3, -0.25) is 14.3 Å². The van der Waals surface area contributed by atoms with Gasteiger partial charge in [0, 0.05) is 12.6 Å². The van der Waals surface area contributed by atoms with Gasteiger partial charge in [0.2, 0.25) is 0 Å². The molecule has 9 nitrogen and oxygen atoms in total. The highest BCUT2D eigenvalue weighted by molar-refractivity contribution is 5.86. The summed E-state index contributed by atoms with van der Waals surface area (Å²) in [4.78, 5) is 35.5. The Morgan fingerprint density at radius 1 is 1.53 bits per heavy atom. The Morgan fingerprint density at radius 2 is 2.21 bits per heavy atom. The van der Waals surface area contributed by atoms with Gasteiger partial charge >= 0.3 is 11.7 Å². The van der Waals surface area contributed by atoms with Crippen LogP contribution in [0.3, 0.4) is 0 Å². The van der Waals surface area contributed by atoms with Crippen LogP contribution in [0.2, 0.25) is 0 Å². The average Bonchev–Trinajstić information content (AvgIpc) is 2.69. The Morgan fingerprint density at radius 3 is 2.74 bits per heavy atom. The summed E-state index contributed by atoms with van der Waals surface area (Å²) in [6.07, 6.45) is -1.88. The number of nitrogens with one attached hydrogen (secondary N) is 1. The molecule has 0 amide bonds. The zero-order chi connectivity index (χ0) is 14.2. The van der Waals surface area contributed by atoms with Gasteiger partial charge in [-0.05, 0) is 0 Å². The van der Waals surface area contributed by atoms with Crippen molar-refractivity contribution < 1.29 is 24.9 Å². The first-order valence-electron chi connectivity index (χ1n) is 5.47. The maximum absolute atomic E-state index is 11.6. The summed E-state index contributed by atoms with van der Waals surface area (Å²) in [7, 11) is 0. The van der Waals surface area contributed by atoms with Gasteiger partial charge in [-0.25, -0.2) is 9.59 Å². The zero-order valence-corrected chi connectivity index (χ0v) is 9.65. The van der Waals surface area contributed by atoms with Gasteiger partial charge in [0.25, 0.3) is 5.56 Å². The molecule has 0 spiro atoms. The van der Waals surface area contributed by atoms with E-state index in [0.717, 1.165) is 10.8 Å². The molecule has 1 saturated heterocycles. The molecule has 1 aromatic rings. The lowest BCUT2D eigenvalue weighted by molar-refractivity contribution is -0.0460. The normalized spacial score (nSPS) is 26.5. The third-order valence-corrected chi connectivity index (χ3v) is 2.89. The number of aromatic nitrogens is 2. The van der Waals surface area contributed by atoms with Crippen LogP contribution in [0.1, 0.15) is 23.0 Å². The third-order valence-electron chi connectivity index (χ3n) is 2.89. The summed E-state index contributed by atoms with van der Waals surface area (Å²) in [5.41, 5.74) is -2.46. The van der Waals surface area contributed by atoms with Crippen molar-refractivity contribution in [2.45, 2.75) is 24.9 Å². The molecule has 2 rings (SSSR count). The summed E-state index contributed by atoms with van der Waals surface area (Å²) in [5.74, 6) is -1.48. The number of H-pyrrole nitrogens is 1. The van der Waals surface area contributed by atoms with Crippen molar-refractivity contribution in [3.63, 3.8) is 0 Å². The van der Waals surface area contributed by atoms with Gasteiger partial charge in [0.1, 0.15) is 17.9 Å². The second-order valence-corrected chi connectivity index (χ2v) is 4.13. The van der Waals surface area contributed by atoms with Crippen LogP contribution in [0.5, 0.6) is 0 Å². The highest BCUT2D eigenvalue weighted by Gasteiger charge is 2.35. The number of hydrogen-bond acceptors (Lipinski definition) is 6. The van der Waals surface area contributed by atoms with E-state index in [2.05, 4.69) is 0 Å². The smallest absolute Gasteiger partial charge is 0.342 e. The molecule has 1 aliphatic rings. The number of aliphatic hydroxyl groups excluding tert-OH is 2. The second-order valence-electron chi connectivity index (χ2n) is 4.13. The predicted molar refractivity (Wildman–Crippen MR) is 59.9 cm³/mol. The molecule has 2 heterocycles. The fourth-order valence-corrected chi connectivity index (χ4v) is 1.90. The first kappa shape index (κ1) is 13.5. The molecule has 1 aromatic heterocycles. The van der Waals surface area contributed by atoms with Gasteiger partial charge in [-0.1, -0.05) is 0 Å². The number of aromatic amines is 1. The Kier molecular flexibility index (Phi) is 3.51. The van der Waals surface area contributed by atoms with Gasteiger partial charge < -0.3 is 20.1 Å². The lowest BCUT2D eigenvalue weighted by Crippen LogP contribution is -2.35. The van der Waals surface area contributed by atoms with Crippen LogP contribution in [0.4, 0.5) is 0 Å². The van der Waals surface area contributed by atoms with Gasteiger partial charge in [0.15, 0.2) is 0 Å². The topological polar surface area (TPSA) is 142 Å². The van der Waals surface area contributed by atoms with E-state index >= 15 is 0 Å². The number of carbonyl (C=O) groups is 1. The molecule has 1 fully saturated rings. The van der Waals surface area contributed by atoms with Crippen molar-refractivity contribution in [2.24, 2.45) is 0 Å². The standard InChI is InChI=1S/C10H12N2O7/c13-3-6-5(14)1-7(19-6)12-2-4(9(16)17)8(15)11-10(12)18/h2,5-7,13-14H,1,3H2,(H,16,17)(H,11,15,18)/t5-,6+,7-/m0/s1. The SMILES string of the molecule is O=C(O)c1cn([C@@H]2C[C@H](O)[C@@H](CO)O2)c(=O)[nH]c1=O. The van der Waals surface area contributed by atoms with Crippen LogP contribution in [0.15, 0.2) is 15.8 Å². The second kappa shape index (κ2) is 4.96. The lowest BCUT2D eigenvalue weighted by Gasteiger charge is -2.14.